The van der Waals surface area contributed by atoms with Gasteiger partial charge in [0.1, 0.15) is 23.9 Å². The second-order valence-corrected chi connectivity index (χ2v) is 11.8. The van der Waals surface area contributed by atoms with Crippen LogP contribution in [0.2, 0.25) is 0 Å². The van der Waals surface area contributed by atoms with Crippen molar-refractivity contribution in [3.05, 3.63) is 119 Å². The van der Waals surface area contributed by atoms with Crippen LogP contribution in [0.4, 0.5) is 4.79 Å². The van der Waals surface area contributed by atoms with Crippen molar-refractivity contribution >= 4 is 17.8 Å². The van der Waals surface area contributed by atoms with Crippen LogP contribution >= 0.6 is 0 Å². The number of carbonyl (C=O) groups is 3. The van der Waals surface area contributed by atoms with E-state index in [0.29, 0.717) is 31.8 Å². The number of ether oxygens (including phenoxy) is 3. The lowest BCUT2D eigenvalue weighted by Crippen LogP contribution is -2.43. The number of aliphatic hydroxyl groups is 1. The van der Waals surface area contributed by atoms with E-state index in [2.05, 4.69) is 0 Å². The van der Waals surface area contributed by atoms with E-state index >= 15 is 0 Å². The average Bonchev–Trinajstić information content (AvgIpc) is 3.65. The van der Waals surface area contributed by atoms with Crippen molar-refractivity contribution in [3.63, 3.8) is 0 Å². The summed E-state index contributed by atoms with van der Waals surface area (Å²) in [6.07, 6.45) is -0.789. The van der Waals surface area contributed by atoms with Crippen LogP contribution in [0.3, 0.4) is 0 Å². The molecule has 0 aliphatic carbocycles. The normalized spacial score (nSPS) is 17.4. The number of hydrogen-bond acceptors (Lipinski definition) is 8. The molecule has 1 aliphatic heterocycles. The Balaban J connectivity index is 1.23. The molecule has 4 aromatic rings. The van der Waals surface area contributed by atoms with Gasteiger partial charge in [0.2, 0.25) is 11.7 Å². The summed E-state index contributed by atoms with van der Waals surface area (Å²) in [5.74, 6) is -1.68. The summed E-state index contributed by atoms with van der Waals surface area (Å²) in [6.45, 7) is 6.04. The zero-order chi connectivity index (χ0) is 33.3. The van der Waals surface area contributed by atoms with Gasteiger partial charge in [0.15, 0.2) is 5.76 Å². The van der Waals surface area contributed by atoms with Crippen LogP contribution in [-0.4, -0.2) is 59.8 Å². The van der Waals surface area contributed by atoms with Gasteiger partial charge < -0.3 is 23.7 Å². The number of carbonyl (C=O) groups excluding carboxylic acids is 3. The number of rotatable bonds is 15. The Bertz CT molecular complexity index is 1650. The van der Waals surface area contributed by atoms with Gasteiger partial charge in [-0.1, -0.05) is 90.5 Å². The summed E-state index contributed by atoms with van der Waals surface area (Å²) in [5, 5.41) is 9.72. The standard InChI is InChI=1S/C38H41NO8/c1-25-12-10-17-30(20-25)32-21-34(46-33(32)18-11-19-44-24-31(22-40)45-23-28-13-6-4-7-14-28)35(41)26(2)37(42)39-27(3)36(47-38(39)43)29-15-8-5-9-16-29/h4-10,12-17,20-21,26-27,31,36,40H,11,18-19,22-24H2,1-3H3. The van der Waals surface area contributed by atoms with Crippen molar-refractivity contribution in [2.45, 2.75) is 58.5 Å². The minimum absolute atomic E-state index is 0.0488. The van der Waals surface area contributed by atoms with Crippen LogP contribution in [-0.2, 0) is 32.0 Å². The first-order chi connectivity index (χ1) is 22.8. The van der Waals surface area contributed by atoms with Crippen molar-refractivity contribution in [3.8, 4) is 11.1 Å². The molecule has 2 heterocycles. The predicted molar refractivity (Wildman–Crippen MR) is 176 cm³/mol. The van der Waals surface area contributed by atoms with E-state index in [0.717, 1.165) is 32.7 Å². The molecule has 9 heteroatoms. The van der Waals surface area contributed by atoms with Gasteiger partial charge in [-0.3, -0.25) is 9.59 Å². The number of ketones is 1. The number of amides is 2. The molecule has 0 saturated carbocycles. The Morgan fingerprint density at radius 3 is 2.40 bits per heavy atom. The second kappa shape index (κ2) is 15.8. The first-order valence-corrected chi connectivity index (χ1v) is 15.9. The fraction of sp³-hybridized carbons (Fsp3) is 0.342. The van der Waals surface area contributed by atoms with Gasteiger partial charge in [0.25, 0.3) is 0 Å². The third kappa shape index (κ3) is 8.24. The molecule has 1 aromatic heterocycles. The van der Waals surface area contributed by atoms with E-state index in [9.17, 15) is 19.5 Å². The third-order valence-electron chi connectivity index (χ3n) is 8.31. The Morgan fingerprint density at radius 1 is 0.979 bits per heavy atom. The monoisotopic (exact) mass is 639 g/mol. The van der Waals surface area contributed by atoms with Gasteiger partial charge in [0, 0.05) is 18.6 Å². The summed E-state index contributed by atoms with van der Waals surface area (Å²) < 4.78 is 23.3. The lowest BCUT2D eigenvalue weighted by Gasteiger charge is -2.21. The summed E-state index contributed by atoms with van der Waals surface area (Å²) >= 11 is 0. The van der Waals surface area contributed by atoms with Gasteiger partial charge in [-0.25, -0.2) is 9.69 Å². The number of aliphatic hydroxyl groups excluding tert-OH is 1. The lowest BCUT2D eigenvalue weighted by atomic mass is 9.98. The number of imide groups is 1. The maximum absolute atomic E-state index is 13.7. The molecule has 2 amide bonds. The first kappa shape index (κ1) is 33.8. The minimum atomic E-state index is -1.17. The number of cyclic esters (lactones) is 1. The van der Waals surface area contributed by atoms with Crippen molar-refractivity contribution in [1.29, 1.82) is 0 Å². The minimum Gasteiger partial charge on any atom is -0.457 e. The van der Waals surface area contributed by atoms with Gasteiger partial charge >= 0.3 is 6.09 Å². The van der Waals surface area contributed by atoms with Gasteiger partial charge in [-0.2, -0.15) is 0 Å². The van der Waals surface area contributed by atoms with E-state index in [1.165, 1.54) is 6.92 Å². The van der Waals surface area contributed by atoms with Crippen LogP contribution < -0.4 is 0 Å². The maximum atomic E-state index is 13.7. The van der Waals surface area contributed by atoms with Crippen LogP contribution in [0.5, 0.6) is 0 Å². The number of hydrogen-bond donors (Lipinski definition) is 1. The van der Waals surface area contributed by atoms with Crippen LogP contribution in [0.1, 0.15) is 59.4 Å². The zero-order valence-electron chi connectivity index (χ0n) is 27.0. The van der Waals surface area contributed by atoms with E-state index in [-0.39, 0.29) is 19.0 Å². The molecule has 1 N–H and O–H groups in total. The molecule has 0 bridgehead atoms. The molecule has 0 radical (unpaired) electrons. The highest BCUT2D eigenvalue weighted by Gasteiger charge is 2.46. The summed E-state index contributed by atoms with van der Waals surface area (Å²) in [6, 6.07) is 27.9. The van der Waals surface area contributed by atoms with Crippen LogP contribution in [0.25, 0.3) is 11.1 Å². The Morgan fingerprint density at radius 2 is 1.70 bits per heavy atom. The van der Waals surface area contributed by atoms with E-state index in [4.69, 9.17) is 18.6 Å². The van der Waals surface area contributed by atoms with Crippen molar-refractivity contribution in [2.24, 2.45) is 5.92 Å². The number of nitrogens with zero attached hydrogens (tertiary/aromatic N) is 1. The van der Waals surface area contributed by atoms with E-state index in [1.54, 1.807) is 13.0 Å². The second-order valence-electron chi connectivity index (χ2n) is 11.8. The molecular weight excluding hydrogens is 598 g/mol. The Labute approximate surface area is 275 Å². The largest absolute Gasteiger partial charge is 0.457 e. The molecule has 9 nitrogen and oxygen atoms in total. The van der Waals surface area contributed by atoms with Crippen LogP contribution in [0, 0.1) is 12.8 Å². The van der Waals surface area contributed by atoms with E-state index < -0.39 is 42.0 Å². The van der Waals surface area contributed by atoms with Gasteiger partial charge in [-0.05, 0) is 49.9 Å². The number of furan rings is 1. The zero-order valence-corrected chi connectivity index (χ0v) is 27.0. The summed E-state index contributed by atoms with van der Waals surface area (Å²) in [4.78, 5) is 41.0. The highest BCUT2D eigenvalue weighted by molar-refractivity contribution is 6.12. The molecule has 47 heavy (non-hydrogen) atoms. The summed E-state index contributed by atoms with van der Waals surface area (Å²) in [5.41, 5.74) is 4.49. The lowest BCUT2D eigenvalue weighted by molar-refractivity contribution is -0.131. The van der Waals surface area contributed by atoms with E-state index in [1.807, 2.05) is 91.9 Å². The third-order valence-corrected chi connectivity index (χ3v) is 8.31. The molecule has 4 atom stereocenters. The average molecular weight is 640 g/mol. The van der Waals surface area contributed by atoms with Crippen molar-refractivity contribution < 1.29 is 38.1 Å². The summed E-state index contributed by atoms with van der Waals surface area (Å²) in [7, 11) is 0. The number of benzene rings is 3. The Kier molecular flexibility index (Phi) is 11.4. The highest BCUT2D eigenvalue weighted by atomic mass is 16.6. The van der Waals surface area contributed by atoms with Crippen LogP contribution in [0.15, 0.2) is 95.4 Å². The molecular formula is C38H41NO8. The smallest absolute Gasteiger partial charge is 0.417 e. The number of Topliss-reactive ketones (excluding diaryl/α,β-unsaturated/α-hetero) is 1. The topological polar surface area (TPSA) is 116 Å². The molecule has 0 spiro atoms. The number of aryl methyl sites for hydroxylation is 2. The van der Waals surface area contributed by atoms with Crippen molar-refractivity contribution in [1.82, 2.24) is 4.90 Å². The molecule has 1 saturated heterocycles. The maximum Gasteiger partial charge on any atom is 0.417 e. The fourth-order valence-electron chi connectivity index (χ4n) is 5.66. The Hall–Kier alpha value is -4.57. The molecule has 1 fully saturated rings. The van der Waals surface area contributed by atoms with Gasteiger partial charge in [0.05, 0.1) is 25.9 Å². The molecule has 4 unspecified atom stereocenters. The quantitative estimate of drug-likeness (QED) is 0.0867. The molecule has 3 aromatic carbocycles. The van der Waals surface area contributed by atoms with Gasteiger partial charge in [-0.15, -0.1) is 0 Å². The molecule has 1 aliphatic rings. The SMILES string of the molecule is Cc1cccc(-c2cc(C(=O)C(C)C(=O)N3C(=O)OC(c4ccccc4)C3C)oc2CCCOCC(CO)OCc2ccccc2)c1. The fourth-order valence-corrected chi connectivity index (χ4v) is 5.66. The first-order valence-electron chi connectivity index (χ1n) is 15.9. The molecule has 246 valence electrons. The predicted octanol–water partition coefficient (Wildman–Crippen LogP) is 6.71. The van der Waals surface area contributed by atoms with Crippen molar-refractivity contribution in [2.75, 3.05) is 19.8 Å². The highest BCUT2D eigenvalue weighted by Crippen LogP contribution is 2.35. The molecule has 5 rings (SSSR count).